The zero-order chi connectivity index (χ0) is 16.7. The first-order valence-electron chi connectivity index (χ1n) is 7.94. The van der Waals surface area contributed by atoms with Crippen molar-refractivity contribution in [1.29, 1.82) is 0 Å². The first-order chi connectivity index (χ1) is 11.1. The van der Waals surface area contributed by atoms with Gasteiger partial charge >= 0.3 is 0 Å². The van der Waals surface area contributed by atoms with E-state index in [9.17, 15) is 5.11 Å². The van der Waals surface area contributed by atoms with Crippen LogP contribution in [-0.2, 0) is 27.5 Å². The van der Waals surface area contributed by atoms with Crippen LogP contribution in [0.4, 0.5) is 0 Å². The molecular weight excluding hydrogens is 409 g/mol. The van der Waals surface area contributed by atoms with Crippen LogP contribution in [0.25, 0.3) is 0 Å². The molecule has 0 heterocycles. The number of benzene rings is 2. The largest absolute Gasteiger partial charge is 0.507 e. The van der Waals surface area contributed by atoms with Crippen molar-refractivity contribution in [2.45, 2.75) is 25.7 Å². The van der Waals surface area contributed by atoms with Crippen molar-refractivity contribution in [3.05, 3.63) is 65.2 Å². The van der Waals surface area contributed by atoms with E-state index in [1.54, 1.807) is 13.3 Å². The minimum absolute atomic E-state index is 0. The van der Waals surface area contributed by atoms with Crippen LogP contribution in [0.15, 0.2) is 53.5 Å². The van der Waals surface area contributed by atoms with Gasteiger partial charge in [-0.25, -0.2) is 0 Å². The van der Waals surface area contributed by atoms with Crippen LogP contribution in [0.5, 0.6) is 5.75 Å². The number of phenols is 1. The fraction of sp³-hybridized carbons (Fsp3) is 0.350. The number of methoxy groups -OCH3 is 1. The first kappa shape index (κ1) is 27.2. The predicted octanol–water partition coefficient (Wildman–Crippen LogP) is 5.01. The van der Waals surface area contributed by atoms with Crippen LogP contribution < -0.4 is 0 Å². The topological polar surface area (TPSA) is 41.8 Å². The second-order valence-corrected chi connectivity index (χ2v) is 6.12. The Bertz CT molecular complexity index is 664. The molecule has 0 aliphatic carbocycles. The number of aliphatic imine (C=N–C) groups is 1. The van der Waals surface area contributed by atoms with E-state index < -0.39 is 0 Å². The molecule has 3 nitrogen and oxygen atoms in total. The second-order valence-electron chi connectivity index (χ2n) is 6.12. The molecular formula is C20H27Cl2CrNO2. The molecule has 2 aromatic carbocycles. The van der Waals surface area contributed by atoms with E-state index in [4.69, 9.17) is 4.74 Å². The van der Waals surface area contributed by atoms with Crippen molar-refractivity contribution >= 4 is 31.0 Å². The Kier molecular flexibility index (Phi) is 13.8. The van der Waals surface area contributed by atoms with Crippen molar-refractivity contribution in [2.24, 2.45) is 4.99 Å². The van der Waals surface area contributed by atoms with Crippen molar-refractivity contribution < 1.29 is 27.2 Å². The Balaban J connectivity index is 0. The zero-order valence-corrected chi connectivity index (χ0v) is 18.3. The molecule has 0 saturated heterocycles. The molecule has 0 bridgehead atoms. The summed E-state index contributed by atoms with van der Waals surface area (Å²) in [7, 11) is 1.69. The summed E-state index contributed by atoms with van der Waals surface area (Å²) in [5.74, 6) is 0.303. The van der Waals surface area contributed by atoms with Crippen molar-refractivity contribution in [2.75, 3.05) is 20.3 Å². The van der Waals surface area contributed by atoms with Gasteiger partial charge in [0, 0.05) is 60.4 Å². The van der Waals surface area contributed by atoms with E-state index in [2.05, 4.69) is 31.0 Å². The van der Waals surface area contributed by atoms with E-state index in [0.29, 0.717) is 18.9 Å². The molecule has 0 spiro atoms. The molecule has 0 radical (unpaired) electrons. The standard InChI is InChI=1S/C20H25NO2.2ClH.Cr/c1-20(2,17-10-5-4-6-11-17)18-12-7-9-16(19(18)22)15-21-13-8-14-23-3;;;/h4-7,9-12,15,22H,8,13-14H2,1-3H3;2*1H;. The van der Waals surface area contributed by atoms with E-state index >= 15 is 0 Å². The Morgan fingerprint density at radius 2 is 1.69 bits per heavy atom. The Morgan fingerprint density at radius 1 is 1.04 bits per heavy atom. The molecule has 0 fully saturated rings. The third kappa shape index (κ3) is 6.95. The Morgan fingerprint density at radius 3 is 2.31 bits per heavy atom. The molecule has 0 aliphatic heterocycles. The van der Waals surface area contributed by atoms with Gasteiger partial charge in [0.2, 0.25) is 0 Å². The summed E-state index contributed by atoms with van der Waals surface area (Å²) in [4.78, 5) is 4.37. The van der Waals surface area contributed by atoms with Gasteiger partial charge in [-0.3, -0.25) is 4.99 Å². The number of rotatable bonds is 7. The average Bonchev–Trinajstić information content (AvgIpc) is 2.56. The molecule has 1 N–H and O–H groups in total. The summed E-state index contributed by atoms with van der Waals surface area (Å²) in [6.45, 7) is 5.64. The van der Waals surface area contributed by atoms with Gasteiger partial charge in [-0.2, -0.15) is 0 Å². The minimum atomic E-state index is -0.273. The van der Waals surface area contributed by atoms with Gasteiger partial charge in [0.05, 0.1) is 0 Å². The number of hydrogen-bond donors (Lipinski definition) is 1. The molecule has 26 heavy (non-hydrogen) atoms. The smallest absolute Gasteiger partial charge is 0.128 e. The van der Waals surface area contributed by atoms with Crippen molar-refractivity contribution in [3.8, 4) is 5.75 Å². The van der Waals surface area contributed by atoms with Crippen LogP contribution in [0.3, 0.4) is 0 Å². The Labute approximate surface area is 179 Å². The Hall–Kier alpha value is -1.02. The molecule has 2 aromatic rings. The van der Waals surface area contributed by atoms with Crippen LogP contribution in [0.2, 0.25) is 0 Å². The normalized spacial score (nSPS) is 10.6. The van der Waals surface area contributed by atoms with Crippen LogP contribution in [-0.4, -0.2) is 31.6 Å². The third-order valence-electron chi connectivity index (χ3n) is 4.10. The summed E-state index contributed by atoms with van der Waals surface area (Å²) < 4.78 is 5.01. The number of nitrogens with zero attached hydrogens (tertiary/aromatic N) is 1. The summed E-state index contributed by atoms with van der Waals surface area (Å²) in [5.41, 5.74) is 2.56. The fourth-order valence-corrected chi connectivity index (χ4v) is 2.64. The zero-order valence-electron chi connectivity index (χ0n) is 15.3. The van der Waals surface area contributed by atoms with Gasteiger partial charge in [-0.05, 0) is 18.1 Å². The van der Waals surface area contributed by atoms with Gasteiger partial charge < -0.3 is 9.84 Å². The van der Waals surface area contributed by atoms with Crippen LogP contribution >= 0.6 is 24.8 Å². The summed E-state index contributed by atoms with van der Waals surface area (Å²) >= 11 is 0. The summed E-state index contributed by atoms with van der Waals surface area (Å²) in [6, 6.07) is 16.1. The molecule has 0 aliphatic rings. The summed E-state index contributed by atoms with van der Waals surface area (Å²) in [6.07, 6.45) is 2.62. The number of hydrogen-bond acceptors (Lipinski definition) is 3. The molecule has 2 rings (SSSR count). The van der Waals surface area contributed by atoms with Crippen LogP contribution in [0, 0.1) is 0 Å². The summed E-state index contributed by atoms with van der Waals surface area (Å²) in [5, 5.41) is 10.7. The molecule has 0 amide bonds. The van der Waals surface area contributed by atoms with E-state index in [0.717, 1.165) is 17.5 Å². The van der Waals surface area contributed by atoms with Gasteiger partial charge in [-0.1, -0.05) is 56.3 Å². The molecule has 0 aromatic heterocycles. The van der Waals surface area contributed by atoms with E-state index in [1.807, 2.05) is 36.4 Å². The van der Waals surface area contributed by atoms with Gasteiger partial charge in [0.1, 0.15) is 5.75 Å². The SMILES string of the molecule is COCCCN=Cc1cccc(C(C)(C)c2ccccc2)c1O.Cl.Cl.[Cr]. The molecule has 0 saturated carbocycles. The van der Waals surface area contributed by atoms with Crippen molar-refractivity contribution in [3.63, 3.8) is 0 Å². The molecule has 0 unspecified atom stereocenters. The van der Waals surface area contributed by atoms with E-state index in [1.165, 1.54) is 5.56 Å². The monoisotopic (exact) mass is 435 g/mol. The second kappa shape index (κ2) is 13.2. The minimum Gasteiger partial charge on any atom is -0.507 e. The van der Waals surface area contributed by atoms with Crippen LogP contribution in [0.1, 0.15) is 37.0 Å². The number of phenolic OH excluding ortho intramolecular Hbond substituents is 1. The first-order valence-corrected chi connectivity index (χ1v) is 7.94. The van der Waals surface area contributed by atoms with E-state index in [-0.39, 0.29) is 47.6 Å². The maximum Gasteiger partial charge on any atom is 0.128 e. The third-order valence-corrected chi connectivity index (χ3v) is 4.10. The molecule has 6 heteroatoms. The maximum absolute atomic E-state index is 10.7. The molecule has 144 valence electrons. The van der Waals surface area contributed by atoms with Gasteiger partial charge in [-0.15, -0.1) is 24.8 Å². The number of ether oxygens (including phenoxy) is 1. The number of para-hydroxylation sites is 1. The fourth-order valence-electron chi connectivity index (χ4n) is 2.64. The maximum atomic E-state index is 10.7. The number of aromatic hydroxyl groups is 1. The van der Waals surface area contributed by atoms with Crippen molar-refractivity contribution in [1.82, 2.24) is 0 Å². The van der Waals surface area contributed by atoms with Gasteiger partial charge in [0.25, 0.3) is 0 Å². The van der Waals surface area contributed by atoms with Gasteiger partial charge in [0.15, 0.2) is 0 Å². The predicted molar refractivity (Wildman–Crippen MR) is 110 cm³/mol. The average molecular weight is 436 g/mol. The molecule has 0 atom stereocenters. The number of halogens is 2. The quantitative estimate of drug-likeness (QED) is 0.490.